The maximum absolute atomic E-state index is 13.1. The molecule has 0 bridgehead atoms. The average molecular weight is 271 g/mol. The SMILES string of the molecule is Nc1c(Cl)cccc1Nc1cc(F)ccc1Cl. The number of rotatable bonds is 2. The van der Waals surface area contributed by atoms with Crippen LogP contribution in [0.2, 0.25) is 10.0 Å². The van der Waals surface area contributed by atoms with E-state index in [0.717, 1.165) is 0 Å². The molecule has 0 radical (unpaired) electrons. The third kappa shape index (κ3) is 2.62. The maximum Gasteiger partial charge on any atom is 0.125 e. The van der Waals surface area contributed by atoms with Crippen LogP contribution in [0.1, 0.15) is 0 Å². The first-order valence-corrected chi connectivity index (χ1v) is 5.59. The van der Waals surface area contributed by atoms with Gasteiger partial charge >= 0.3 is 0 Å². The predicted octanol–water partition coefficient (Wildman–Crippen LogP) is 4.46. The Bertz CT molecular complexity index is 558. The van der Waals surface area contributed by atoms with Crippen LogP contribution in [0.15, 0.2) is 36.4 Å². The summed E-state index contributed by atoms with van der Waals surface area (Å²) in [6.45, 7) is 0. The van der Waals surface area contributed by atoms with Gasteiger partial charge in [0.25, 0.3) is 0 Å². The summed E-state index contributed by atoms with van der Waals surface area (Å²) in [7, 11) is 0. The minimum Gasteiger partial charge on any atom is -0.396 e. The monoisotopic (exact) mass is 270 g/mol. The molecule has 2 rings (SSSR count). The molecular weight excluding hydrogens is 262 g/mol. The summed E-state index contributed by atoms with van der Waals surface area (Å²) in [5.74, 6) is -0.377. The van der Waals surface area contributed by atoms with E-state index in [1.54, 1.807) is 18.2 Å². The normalized spacial score (nSPS) is 10.3. The van der Waals surface area contributed by atoms with Crippen molar-refractivity contribution in [1.29, 1.82) is 0 Å². The van der Waals surface area contributed by atoms with Gasteiger partial charge in [-0.2, -0.15) is 0 Å². The van der Waals surface area contributed by atoms with Gasteiger partial charge in [-0.25, -0.2) is 4.39 Å². The van der Waals surface area contributed by atoms with Gasteiger partial charge in [-0.1, -0.05) is 29.3 Å². The topological polar surface area (TPSA) is 38.0 Å². The predicted molar refractivity (Wildman–Crippen MR) is 70.6 cm³/mol. The molecule has 2 nitrogen and oxygen atoms in total. The molecule has 3 N–H and O–H groups in total. The van der Waals surface area contributed by atoms with E-state index in [4.69, 9.17) is 28.9 Å². The highest BCUT2D eigenvalue weighted by Gasteiger charge is 2.06. The first kappa shape index (κ1) is 12.0. The number of nitrogen functional groups attached to an aromatic ring is 1. The Morgan fingerprint density at radius 3 is 2.53 bits per heavy atom. The summed E-state index contributed by atoms with van der Waals surface area (Å²) in [4.78, 5) is 0. The van der Waals surface area contributed by atoms with Crippen LogP contribution in [-0.2, 0) is 0 Å². The number of nitrogens with two attached hydrogens (primary N) is 1. The van der Waals surface area contributed by atoms with E-state index in [9.17, 15) is 4.39 Å². The van der Waals surface area contributed by atoms with Gasteiger partial charge in [0.1, 0.15) is 5.82 Å². The Kier molecular flexibility index (Phi) is 3.41. The van der Waals surface area contributed by atoms with Crippen LogP contribution in [0.5, 0.6) is 0 Å². The number of para-hydroxylation sites is 1. The summed E-state index contributed by atoms with van der Waals surface area (Å²) in [6.07, 6.45) is 0. The second-order valence-corrected chi connectivity index (χ2v) is 4.26. The van der Waals surface area contributed by atoms with Gasteiger partial charge in [0, 0.05) is 0 Å². The van der Waals surface area contributed by atoms with Crippen LogP contribution in [0.3, 0.4) is 0 Å². The molecular formula is C12H9Cl2FN2. The molecule has 0 atom stereocenters. The first-order valence-electron chi connectivity index (χ1n) is 4.84. The van der Waals surface area contributed by atoms with E-state index >= 15 is 0 Å². The fourth-order valence-corrected chi connectivity index (χ4v) is 1.72. The molecule has 17 heavy (non-hydrogen) atoms. The molecule has 5 heteroatoms. The number of hydrogen-bond donors (Lipinski definition) is 2. The van der Waals surface area contributed by atoms with Crippen molar-refractivity contribution in [3.63, 3.8) is 0 Å². The molecule has 0 fully saturated rings. The van der Waals surface area contributed by atoms with Gasteiger partial charge in [0.15, 0.2) is 0 Å². The fourth-order valence-electron chi connectivity index (χ4n) is 1.38. The van der Waals surface area contributed by atoms with Crippen LogP contribution in [0, 0.1) is 5.82 Å². The van der Waals surface area contributed by atoms with Crippen LogP contribution in [0.25, 0.3) is 0 Å². The van der Waals surface area contributed by atoms with Crippen molar-refractivity contribution in [1.82, 2.24) is 0 Å². The fraction of sp³-hybridized carbons (Fsp3) is 0. The van der Waals surface area contributed by atoms with Crippen molar-refractivity contribution in [2.45, 2.75) is 0 Å². The zero-order chi connectivity index (χ0) is 12.4. The second kappa shape index (κ2) is 4.82. The molecule has 0 amide bonds. The second-order valence-electron chi connectivity index (χ2n) is 3.45. The van der Waals surface area contributed by atoms with Gasteiger partial charge < -0.3 is 11.1 Å². The Hall–Kier alpha value is -1.45. The molecule has 0 aliphatic carbocycles. The van der Waals surface area contributed by atoms with Crippen molar-refractivity contribution >= 4 is 40.3 Å². The van der Waals surface area contributed by atoms with Gasteiger partial charge in [0.05, 0.1) is 27.1 Å². The Balaban J connectivity index is 2.38. The van der Waals surface area contributed by atoms with E-state index in [1.807, 2.05) is 0 Å². The van der Waals surface area contributed by atoms with Crippen molar-refractivity contribution in [3.05, 3.63) is 52.3 Å². The summed E-state index contributed by atoms with van der Waals surface area (Å²) in [5, 5.41) is 3.78. The minimum absolute atomic E-state index is 0.377. The van der Waals surface area contributed by atoms with Crippen LogP contribution in [-0.4, -0.2) is 0 Å². The lowest BCUT2D eigenvalue weighted by Crippen LogP contribution is -1.97. The van der Waals surface area contributed by atoms with Crippen molar-refractivity contribution in [2.75, 3.05) is 11.1 Å². The zero-order valence-electron chi connectivity index (χ0n) is 8.68. The Morgan fingerprint density at radius 1 is 1.00 bits per heavy atom. The number of benzene rings is 2. The first-order chi connectivity index (χ1) is 8.08. The van der Waals surface area contributed by atoms with Crippen molar-refractivity contribution in [3.8, 4) is 0 Å². The van der Waals surface area contributed by atoms with Crippen LogP contribution in [0.4, 0.5) is 21.5 Å². The third-order valence-electron chi connectivity index (χ3n) is 2.25. The van der Waals surface area contributed by atoms with E-state index < -0.39 is 0 Å². The summed E-state index contributed by atoms with van der Waals surface area (Å²) in [5.41, 5.74) is 7.22. The van der Waals surface area contributed by atoms with Gasteiger partial charge in [-0.05, 0) is 30.3 Å². The standard InChI is InChI=1S/C12H9Cl2FN2/c13-8-5-4-7(15)6-11(8)17-10-3-1-2-9(14)12(10)16/h1-6,17H,16H2. The van der Waals surface area contributed by atoms with Gasteiger partial charge in [0.2, 0.25) is 0 Å². The van der Waals surface area contributed by atoms with E-state index in [1.165, 1.54) is 18.2 Å². The highest BCUT2D eigenvalue weighted by molar-refractivity contribution is 6.34. The lowest BCUT2D eigenvalue weighted by molar-refractivity contribution is 0.628. The smallest absolute Gasteiger partial charge is 0.125 e. The highest BCUT2D eigenvalue weighted by atomic mass is 35.5. The van der Waals surface area contributed by atoms with E-state index in [0.29, 0.717) is 27.1 Å². The minimum atomic E-state index is -0.377. The van der Waals surface area contributed by atoms with E-state index in [-0.39, 0.29) is 5.82 Å². The van der Waals surface area contributed by atoms with Crippen molar-refractivity contribution in [2.24, 2.45) is 0 Å². The number of anilines is 3. The Morgan fingerprint density at radius 2 is 1.76 bits per heavy atom. The quantitative estimate of drug-likeness (QED) is 0.791. The summed E-state index contributed by atoms with van der Waals surface area (Å²) < 4.78 is 13.1. The molecule has 0 aliphatic rings. The Labute approximate surface area is 108 Å². The molecule has 0 saturated carbocycles. The highest BCUT2D eigenvalue weighted by Crippen LogP contribution is 2.32. The zero-order valence-corrected chi connectivity index (χ0v) is 10.2. The average Bonchev–Trinajstić information content (AvgIpc) is 2.30. The van der Waals surface area contributed by atoms with Gasteiger partial charge in [-0.15, -0.1) is 0 Å². The molecule has 2 aromatic rings. The largest absolute Gasteiger partial charge is 0.396 e. The number of hydrogen-bond acceptors (Lipinski definition) is 2. The maximum atomic E-state index is 13.1. The molecule has 0 heterocycles. The van der Waals surface area contributed by atoms with Crippen molar-refractivity contribution < 1.29 is 4.39 Å². The molecule has 0 aliphatic heterocycles. The number of nitrogens with one attached hydrogen (secondary N) is 1. The van der Waals surface area contributed by atoms with Crippen LogP contribution >= 0.6 is 23.2 Å². The van der Waals surface area contributed by atoms with E-state index in [2.05, 4.69) is 5.32 Å². The van der Waals surface area contributed by atoms with Crippen LogP contribution < -0.4 is 11.1 Å². The lowest BCUT2D eigenvalue weighted by Gasteiger charge is -2.11. The molecule has 0 unspecified atom stereocenters. The summed E-state index contributed by atoms with van der Waals surface area (Å²) >= 11 is 11.8. The summed E-state index contributed by atoms with van der Waals surface area (Å²) in [6, 6.07) is 9.21. The third-order valence-corrected chi connectivity index (χ3v) is 2.91. The van der Waals surface area contributed by atoms with Gasteiger partial charge in [-0.3, -0.25) is 0 Å². The molecule has 0 spiro atoms. The molecule has 0 aromatic heterocycles. The molecule has 88 valence electrons. The number of halogens is 3. The molecule has 0 saturated heterocycles. The molecule has 2 aromatic carbocycles. The lowest BCUT2D eigenvalue weighted by atomic mass is 10.2.